The van der Waals surface area contributed by atoms with Crippen molar-refractivity contribution in [2.75, 3.05) is 11.6 Å². The van der Waals surface area contributed by atoms with Crippen molar-refractivity contribution in [2.45, 2.75) is 25.2 Å². The van der Waals surface area contributed by atoms with Gasteiger partial charge in [-0.15, -0.1) is 18.3 Å². The third-order valence-corrected chi connectivity index (χ3v) is 3.32. The lowest BCUT2D eigenvalue weighted by Crippen LogP contribution is -2.30. The SMILES string of the molecule is C=CCC(C)(C)C(=O)Nc1cccc(SC)c1. The first-order chi connectivity index (χ1) is 7.99. The van der Waals surface area contributed by atoms with Gasteiger partial charge < -0.3 is 5.32 Å². The smallest absolute Gasteiger partial charge is 0.230 e. The summed E-state index contributed by atoms with van der Waals surface area (Å²) in [6.07, 6.45) is 4.46. The predicted octanol–water partition coefficient (Wildman–Crippen LogP) is 3.95. The van der Waals surface area contributed by atoms with E-state index < -0.39 is 5.41 Å². The van der Waals surface area contributed by atoms with Crippen LogP contribution in [0.15, 0.2) is 41.8 Å². The number of rotatable bonds is 5. The highest BCUT2D eigenvalue weighted by atomic mass is 32.2. The van der Waals surface area contributed by atoms with Crippen molar-refractivity contribution in [1.29, 1.82) is 0 Å². The fraction of sp³-hybridized carbons (Fsp3) is 0.357. The third-order valence-electron chi connectivity index (χ3n) is 2.60. The maximum Gasteiger partial charge on any atom is 0.230 e. The predicted molar refractivity (Wildman–Crippen MR) is 75.4 cm³/mol. The number of thioether (sulfide) groups is 1. The number of benzene rings is 1. The van der Waals surface area contributed by atoms with E-state index in [0.717, 1.165) is 10.6 Å². The molecule has 0 aliphatic heterocycles. The highest BCUT2D eigenvalue weighted by molar-refractivity contribution is 7.98. The van der Waals surface area contributed by atoms with Gasteiger partial charge >= 0.3 is 0 Å². The average molecular weight is 249 g/mol. The molecule has 0 unspecified atom stereocenters. The van der Waals surface area contributed by atoms with Gasteiger partial charge in [0.2, 0.25) is 5.91 Å². The lowest BCUT2D eigenvalue weighted by atomic mass is 9.88. The van der Waals surface area contributed by atoms with Crippen molar-refractivity contribution in [2.24, 2.45) is 5.41 Å². The van der Waals surface area contributed by atoms with Crippen LogP contribution in [0.25, 0.3) is 0 Å². The minimum Gasteiger partial charge on any atom is -0.326 e. The summed E-state index contributed by atoms with van der Waals surface area (Å²) in [5.74, 6) is 0.0238. The molecule has 1 aromatic rings. The average Bonchev–Trinajstić information content (AvgIpc) is 2.29. The molecule has 17 heavy (non-hydrogen) atoms. The Bertz CT molecular complexity index is 412. The van der Waals surface area contributed by atoms with Gasteiger partial charge in [0, 0.05) is 16.0 Å². The van der Waals surface area contributed by atoms with Crippen LogP contribution in [-0.2, 0) is 4.79 Å². The van der Waals surface area contributed by atoms with Gasteiger partial charge in [-0.05, 0) is 30.9 Å². The van der Waals surface area contributed by atoms with Crippen molar-refractivity contribution in [3.05, 3.63) is 36.9 Å². The van der Waals surface area contributed by atoms with E-state index in [1.54, 1.807) is 17.8 Å². The zero-order chi connectivity index (χ0) is 12.9. The first kappa shape index (κ1) is 13.8. The molecular weight excluding hydrogens is 230 g/mol. The number of carbonyl (C=O) groups is 1. The van der Waals surface area contributed by atoms with Gasteiger partial charge in [0.05, 0.1) is 0 Å². The van der Waals surface area contributed by atoms with Crippen LogP contribution >= 0.6 is 11.8 Å². The number of hydrogen-bond acceptors (Lipinski definition) is 2. The molecule has 0 atom stereocenters. The Morgan fingerprint density at radius 1 is 1.53 bits per heavy atom. The van der Waals surface area contributed by atoms with E-state index in [-0.39, 0.29) is 5.91 Å². The van der Waals surface area contributed by atoms with E-state index in [1.165, 1.54) is 0 Å². The molecule has 0 aliphatic rings. The van der Waals surface area contributed by atoms with Gasteiger partial charge in [0.15, 0.2) is 0 Å². The van der Waals surface area contributed by atoms with Gasteiger partial charge in [-0.1, -0.05) is 26.0 Å². The van der Waals surface area contributed by atoms with Crippen molar-refractivity contribution >= 4 is 23.4 Å². The summed E-state index contributed by atoms with van der Waals surface area (Å²) in [7, 11) is 0. The lowest BCUT2D eigenvalue weighted by Gasteiger charge is -2.21. The van der Waals surface area contributed by atoms with Gasteiger partial charge in [-0.3, -0.25) is 4.79 Å². The van der Waals surface area contributed by atoms with E-state index >= 15 is 0 Å². The zero-order valence-electron chi connectivity index (χ0n) is 10.6. The molecule has 1 N–H and O–H groups in total. The largest absolute Gasteiger partial charge is 0.326 e. The Morgan fingerprint density at radius 2 is 2.24 bits per heavy atom. The minimum absolute atomic E-state index is 0.0238. The second-order valence-electron chi connectivity index (χ2n) is 4.56. The molecule has 0 radical (unpaired) electrons. The Labute approximate surface area is 107 Å². The standard InChI is InChI=1S/C14H19NOS/c1-5-9-14(2,3)13(16)15-11-7-6-8-12(10-11)17-4/h5-8,10H,1,9H2,2-4H3,(H,15,16). The van der Waals surface area contributed by atoms with E-state index in [0.29, 0.717) is 6.42 Å². The second kappa shape index (κ2) is 5.92. The number of carbonyl (C=O) groups excluding carboxylic acids is 1. The van der Waals surface area contributed by atoms with E-state index in [9.17, 15) is 4.79 Å². The van der Waals surface area contributed by atoms with Crippen LogP contribution in [0.2, 0.25) is 0 Å². The molecule has 0 aromatic heterocycles. The molecule has 0 fully saturated rings. The fourth-order valence-electron chi connectivity index (χ4n) is 1.45. The maximum absolute atomic E-state index is 12.1. The number of anilines is 1. The summed E-state index contributed by atoms with van der Waals surface area (Å²) in [5.41, 5.74) is 0.427. The van der Waals surface area contributed by atoms with Gasteiger partial charge in [0.1, 0.15) is 0 Å². The summed E-state index contributed by atoms with van der Waals surface area (Å²) in [5, 5.41) is 2.94. The third kappa shape index (κ3) is 3.93. The number of nitrogens with one attached hydrogen (secondary N) is 1. The zero-order valence-corrected chi connectivity index (χ0v) is 11.4. The van der Waals surface area contributed by atoms with Crippen molar-refractivity contribution in [3.63, 3.8) is 0 Å². The van der Waals surface area contributed by atoms with Crippen LogP contribution < -0.4 is 5.32 Å². The number of amides is 1. The topological polar surface area (TPSA) is 29.1 Å². The normalized spacial score (nSPS) is 11.0. The molecule has 0 bridgehead atoms. The van der Waals surface area contributed by atoms with Crippen LogP contribution in [0.4, 0.5) is 5.69 Å². The molecule has 0 saturated carbocycles. The second-order valence-corrected chi connectivity index (χ2v) is 5.44. The molecule has 1 rings (SSSR count). The summed E-state index contributed by atoms with van der Waals surface area (Å²) in [4.78, 5) is 13.2. The summed E-state index contributed by atoms with van der Waals surface area (Å²) >= 11 is 1.66. The molecule has 1 amide bonds. The van der Waals surface area contributed by atoms with Crippen molar-refractivity contribution in [3.8, 4) is 0 Å². The molecule has 0 aliphatic carbocycles. The van der Waals surface area contributed by atoms with Crippen molar-refractivity contribution < 1.29 is 4.79 Å². The fourth-order valence-corrected chi connectivity index (χ4v) is 1.91. The van der Waals surface area contributed by atoms with Gasteiger partial charge in [-0.25, -0.2) is 0 Å². The van der Waals surface area contributed by atoms with Crippen LogP contribution in [-0.4, -0.2) is 12.2 Å². The van der Waals surface area contributed by atoms with Gasteiger partial charge in [0.25, 0.3) is 0 Å². The molecule has 3 heteroatoms. The molecule has 0 heterocycles. The molecular formula is C14H19NOS. The Hall–Kier alpha value is -1.22. The van der Waals surface area contributed by atoms with E-state index in [2.05, 4.69) is 11.9 Å². The quantitative estimate of drug-likeness (QED) is 0.632. The Morgan fingerprint density at radius 3 is 2.82 bits per heavy atom. The van der Waals surface area contributed by atoms with Crippen LogP contribution in [0.5, 0.6) is 0 Å². The summed E-state index contributed by atoms with van der Waals surface area (Å²) in [6, 6.07) is 7.85. The van der Waals surface area contributed by atoms with Crippen molar-refractivity contribution in [1.82, 2.24) is 0 Å². The van der Waals surface area contributed by atoms with Crippen LogP contribution in [0.3, 0.4) is 0 Å². The van der Waals surface area contributed by atoms with E-state index in [1.807, 2.05) is 44.4 Å². The summed E-state index contributed by atoms with van der Waals surface area (Å²) in [6.45, 7) is 7.52. The molecule has 0 spiro atoms. The first-order valence-corrected chi connectivity index (χ1v) is 6.78. The highest BCUT2D eigenvalue weighted by Gasteiger charge is 2.25. The number of allylic oxidation sites excluding steroid dienone is 1. The minimum atomic E-state index is -0.420. The molecule has 1 aromatic carbocycles. The molecule has 92 valence electrons. The van der Waals surface area contributed by atoms with E-state index in [4.69, 9.17) is 0 Å². The lowest BCUT2D eigenvalue weighted by molar-refractivity contribution is -0.123. The number of hydrogen-bond donors (Lipinski definition) is 1. The van der Waals surface area contributed by atoms with Gasteiger partial charge in [-0.2, -0.15) is 0 Å². The Balaban J connectivity index is 2.76. The monoisotopic (exact) mass is 249 g/mol. The highest BCUT2D eigenvalue weighted by Crippen LogP contribution is 2.24. The molecule has 2 nitrogen and oxygen atoms in total. The molecule has 0 saturated heterocycles. The van der Waals surface area contributed by atoms with Crippen LogP contribution in [0.1, 0.15) is 20.3 Å². The maximum atomic E-state index is 12.1. The Kier molecular flexibility index (Phi) is 4.82. The first-order valence-electron chi connectivity index (χ1n) is 5.56. The summed E-state index contributed by atoms with van der Waals surface area (Å²) < 4.78 is 0. The van der Waals surface area contributed by atoms with Crippen LogP contribution in [0, 0.1) is 5.41 Å².